The van der Waals surface area contributed by atoms with Crippen LogP contribution in [0.25, 0.3) is 10.8 Å². The number of carboxylic acid groups (broad SMARTS) is 1. The fourth-order valence-corrected chi connectivity index (χ4v) is 4.15. The van der Waals surface area contributed by atoms with E-state index in [0.717, 1.165) is 22.0 Å². The van der Waals surface area contributed by atoms with Gasteiger partial charge in [0.05, 0.1) is 0 Å². The lowest BCUT2D eigenvalue weighted by Gasteiger charge is -2.32. The van der Waals surface area contributed by atoms with Gasteiger partial charge in [-0.25, -0.2) is 9.78 Å². The van der Waals surface area contributed by atoms with Gasteiger partial charge < -0.3 is 15.2 Å². The van der Waals surface area contributed by atoms with Crippen LogP contribution in [0.1, 0.15) is 57.5 Å². The maximum Gasteiger partial charge on any atom is 0.413 e. The Morgan fingerprint density at radius 3 is 2.24 bits per heavy atom. The predicted octanol–water partition coefficient (Wildman–Crippen LogP) is 7.86. The van der Waals surface area contributed by atoms with Crippen molar-refractivity contribution in [2.24, 2.45) is 0 Å². The molecule has 0 unspecified atom stereocenters. The lowest BCUT2D eigenvalue weighted by molar-refractivity contribution is 0.102. The number of rotatable bonds is 5. The molecule has 2 amide bonds. The molecule has 4 aromatic rings. The van der Waals surface area contributed by atoms with Gasteiger partial charge in [0.15, 0.2) is 0 Å². The molecule has 0 aliphatic carbocycles. The van der Waals surface area contributed by atoms with Gasteiger partial charge >= 0.3 is 6.09 Å². The third-order valence-electron chi connectivity index (χ3n) is 6.10. The van der Waals surface area contributed by atoms with Gasteiger partial charge in [-0.05, 0) is 85.0 Å². The number of benzene rings is 3. The van der Waals surface area contributed by atoms with Crippen molar-refractivity contribution in [3.05, 3.63) is 90.1 Å². The highest BCUT2D eigenvalue weighted by Gasteiger charge is 2.29. The first-order valence-corrected chi connectivity index (χ1v) is 12.4. The summed E-state index contributed by atoms with van der Waals surface area (Å²) < 4.78 is 6.05. The van der Waals surface area contributed by atoms with Gasteiger partial charge in [0, 0.05) is 29.1 Å². The molecule has 0 spiro atoms. The highest BCUT2D eigenvalue weighted by Crippen LogP contribution is 2.30. The van der Waals surface area contributed by atoms with Gasteiger partial charge in [0.2, 0.25) is 0 Å². The van der Waals surface area contributed by atoms with Crippen molar-refractivity contribution in [3.8, 4) is 11.5 Å². The summed E-state index contributed by atoms with van der Waals surface area (Å²) in [5.41, 5.74) is 1.73. The van der Waals surface area contributed by atoms with E-state index in [-0.39, 0.29) is 17.1 Å². The minimum Gasteiger partial charge on any atom is -0.465 e. The molecule has 0 saturated heterocycles. The number of carbonyl (C=O) groups is 2. The number of aromatic nitrogens is 1. The van der Waals surface area contributed by atoms with Gasteiger partial charge in [0.1, 0.15) is 17.3 Å². The van der Waals surface area contributed by atoms with E-state index in [1.807, 2.05) is 48.5 Å². The zero-order valence-corrected chi connectivity index (χ0v) is 22.6. The fraction of sp³-hybridized carbons (Fsp3) is 0.258. The van der Waals surface area contributed by atoms with Crippen LogP contribution in [-0.4, -0.2) is 27.6 Å². The molecule has 196 valence electrons. The van der Waals surface area contributed by atoms with E-state index < -0.39 is 11.6 Å². The number of pyridine rings is 1. The number of nitrogens with one attached hydrogen (secondary N) is 1. The van der Waals surface area contributed by atoms with E-state index in [9.17, 15) is 14.7 Å². The van der Waals surface area contributed by atoms with Crippen molar-refractivity contribution in [2.75, 3.05) is 10.2 Å². The van der Waals surface area contributed by atoms with E-state index in [4.69, 9.17) is 4.74 Å². The van der Waals surface area contributed by atoms with E-state index in [1.54, 1.807) is 39.0 Å². The lowest BCUT2D eigenvalue weighted by Crippen LogP contribution is -2.45. The molecule has 0 radical (unpaired) electrons. The number of amides is 2. The summed E-state index contributed by atoms with van der Waals surface area (Å²) in [7, 11) is 0. The largest absolute Gasteiger partial charge is 0.465 e. The van der Waals surface area contributed by atoms with Crippen LogP contribution in [0.5, 0.6) is 11.5 Å². The minimum absolute atomic E-state index is 0.0195. The second-order valence-electron chi connectivity index (χ2n) is 11.2. The van der Waals surface area contributed by atoms with E-state index in [1.165, 1.54) is 11.1 Å². The Bertz CT molecular complexity index is 1500. The van der Waals surface area contributed by atoms with Crippen molar-refractivity contribution in [2.45, 2.75) is 52.5 Å². The number of hydrogen-bond donors (Lipinski definition) is 2. The quantitative estimate of drug-likeness (QED) is 0.285. The molecule has 0 aliphatic rings. The molecular weight excluding hydrogens is 478 g/mol. The molecular formula is C31H33N3O4. The molecule has 7 heteroatoms. The fourth-order valence-electron chi connectivity index (χ4n) is 4.15. The minimum atomic E-state index is -1.09. The summed E-state index contributed by atoms with van der Waals surface area (Å²) in [5, 5.41) is 14.5. The maximum absolute atomic E-state index is 13.0. The Balaban J connectivity index is 1.57. The van der Waals surface area contributed by atoms with Crippen LogP contribution in [0, 0.1) is 0 Å². The van der Waals surface area contributed by atoms with Crippen LogP contribution in [0.15, 0.2) is 79.0 Å². The van der Waals surface area contributed by atoms with Crippen molar-refractivity contribution in [3.63, 3.8) is 0 Å². The lowest BCUT2D eigenvalue weighted by atomic mass is 9.87. The zero-order valence-electron chi connectivity index (χ0n) is 22.6. The van der Waals surface area contributed by atoms with Gasteiger partial charge in [-0.2, -0.15) is 0 Å². The summed E-state index contributed by atoms with van der Waals surface area (Å²) in [5.74, 6) is 1.09. The number of nitrogens with zero attached hydrogens (tertiary/aromatic N) is 2. The first-order chi connectivity index (χ1) is 17.8. The summed E-state index contributed by atoms with van der Waals surface area (Å²) in [6.07, 6.45) is 0.425. The average Bonchev–Trinajstić information content (AvgIpc) is 2.82. The SMILES string of the molecule is CC(C)(C)c1cccc(NC(=O)c2ccc3ccc(Oc4ccnc(N(C(=O)O)C(C)(C)C)c4)cc3c2)c1. The highest BCUT2D eigenvalue weighted by molar-refractivity contribution is 6.06. The molecule has 2 N–H and O–H groups in total. The number of anilines is 2. The van der Waals surface area contributed by atoms with Crippen LogP contribution in [-0.2, 0) is 5.41 Å². The number of fused-ring (bicyclic) bond motifs is 1. The van der Waals surface area contributed by atoms with E-state index >= 15 is 0 Å². The number of carbonyl (C=O) groups excluding carboxylic acids is 1. The molecule has 1 heterocycles. The Labute approximate surface area is 223 Å². The third-order valence-corrected chi connectivity index (χ3v) is 6.10. The third kappa shape index (κ3) is 6.11. The second kappa shape index (κ2) is 10.2. The van der Waals surface area contributed by atoms with Crippen molar-refractivity contribution >= 4 is 34.3 Å². The topological polar surface area (TPSA) is 91.8 Å². The Hall–Kier alpha value is -4.39. The Kier molecular flexibility index (Phi) is 7.14. The van der Waals surface area contributed by atoms with Crippen molar-refractivity contribution in [1.29, 1.82) is 0 Å². The monoisotopic (exact) mass is 511 g/mol. The molecule has 0 atom stereocenters. The summed E-state index contributed by atoms with van der Waals surface area (Å²) in [6.45, 7) is 11.8. The molecule has 38 heavy (non-hydrogen) atoms. The van der Waals surface area contributed by atoms with E-state index in [0.29, 0.717) is 17.1 Å². The maximum atomic E-state index is 13.0. The van der Waals surface area contributed by atoms with Gasteiger partial charge in [-0.1, -0.05) is 45.0 Å². The Morgan fingerprint density at radius 1 is 0.842 bits per heavy atom. The summed E-state index contributed by atoms with van der Waals surface area (Å²) >= 11 is 0. The highest BCUT2D eigenvalue weighted by atomic mass is 16.5. The van der Waals surface area contributed by atoms with Crippen LogP contribution in [0.4, 0.5) is 16.3 Å². The molecule has 0 aliphatic heterocycles. The van der Waals surface area contributed by atoms with Gasteiger partial charge in [-0.15, -0.1) is 0 Å². The second-order valence-corrected chi connectivity index (χ2v) is 11.2. The van der Waals surface area contributed by atoms with Gasteiger partial charge in [-0.3, -0.25) is 9.69 Å². The normalized spacial score (nSPS) is 11.7. The zero-order chi connectivity index (χ0) is 27.7. The average molecular weight is 512 g/mol. The standard InChI is InChI=1S/C31H33N3O4/c1-30(2,3)23-8-7-9-24(18-23)33-28(35)21-11-10-20-12-13-25(17-22(20)16-21)38-26-14-15-32-27(19-26)34(29(36)37)31(4,5)6/h7-19H,1-6H3,(H,33,35)(H,36,37). The van der Waals surface area contributed by atoms with E-state index in [2.05, 4.69) is 37.1 Å². The van der Waals surface area contributed by atoms with Crippen LogP contribution < -0.4 is 15.0 Å². The molecule has 4 rings (SSSR count). The Morgan fingerprint density at radius 2 is 1.55 bits per heavy atom. The van der Waals surface area contributed by atoms with Crippen LogP contribution in [0.2, 0.25) is 0 Å². The molecule has 1 aromatic heterocycles. The smallest absolute Gasteiger partial charge is 0.413 e. The first kappa shape index (κ1) is 26.7. The summed E-state index contributed by atoms with van der Waals surface area (Å²) in [6, 6.07) is 22.3. The first-order valence-electron chi connectivity index (χ1n) is 12.4. The van der Waals surface area contributed by atoms with Gasteiger partial charge in [0.25, 0.3) is 5.91 Å². The number of hydrogen-bond acceptors (Lipinski definition) is 4. The molecule has 0 fully saturated rings. The molecule has 3 aromatic carbocycles. The molecule has 7 nitrogen and oxygen atoms in total. The van der Waals surface area contributed by atoms with Crippen LogP contribution >= 0.6 is 0 Å². The predicted molar refractivity (Wildman–Crippen MR) is 152 cm³/mol. The molecule has 0 saturated carbocycles. The number of ether oxygens (including phenoxy) is 1. The van der Waals surface area contributed by atoms with Crippen LogP contribution in [0.3, 0.4) is 0 Å². The van der Waals surface area contributed by atoms with Crippen molar-refractivity contribution < 1.29 is 19.4 Å². The molecule has 0 bridgehead atoms. The van der Waals surface area contributed by atoms with Crippen molar-refractivity contribution in [1.82, 2.24) is 4.98 Å². The summed E-state index contributed by atoms with van der Waals surface area (Å²) in [4.78, 5) is 30.3.